The molecule has 0 spiro atoms. The Kier molecular flexibility index (Phi) is 7.85. The van der Waals surface area contributed by atoms with Gasteiger partial charge in [0.15, 0.2) is 0 Å². The molecule has 7 nitrogen and oxygen atoms in total. The van der Waals surface area contributed by atoms with Gasteiger partial charge in [0.05, 0.1) is 23.3 Å². The number of halogens is 2. The molecule has 1 aliphatic rings. The predicted octanol–water partition coefficient (Wildman–Crippen LogP) is 4.78. The Bertz CT molecular complexity index is 1580. The molecule has 10 heteroatoms. The third-order valence-electron chi connectivity index (χ3n) is 6.57. The monoisotopic (exact) mass is 568 g/mol. The second kappa shape index (κ2) is 11.3. The van der Waals surface area contributed by atoms with E-state index >= 15 is 0 Å². The minimum absolute atomic E-state index is 0.0348. The van der Waals surface area contributed by atoms with Gasteiger partial charge in [-0.3, -0.25) is 4.79 Å². The summed E-state index contributed by atoms with van der Waals surface area (Å²) < 4.78 is 28.9. The van der Waals surface area contributed by atoms with Crippen molar-refractivity contribution in [3.8, 4) is 5.69 Å². The van der Waals surface area contributed by atoms with Gasteiger partial charge in [-0.2, -0.15) is 14.1 Å². The molecule has 2 heterocycles. The molecule has 0 aliphatic carbocycles. The zero-order chi connectivity index (χ0) is 26.7. The molecule has 5 rings (SSSR count). The maximum absolute atomic E-state index is 13.7. The maximum atomic E-state index is 13.7. The Labute approximate surface area is 231 Å². The largest absolute Gasteiger partial charge is 0.367 e. The number of rotatable bonds is 7. The molecule has 3 aromatic carbocycles. The van der Waals surface area contributed by atoms with Crippen LogP contribution in [-0.4, -0.2) is 48.7 Å². The number of hydrogen-bond donors (Lipinski definition) is 0. The molecule has 0 N–H and O–H groups in total. The minimum Gasteiger partial charge on any atom is -0.367 e. The fraction of sp³-hybridized carbons (Fsp3) is 0.214. The van der Waals surface area contributed by atoms with Gasteiger partial charge in [0, 0.05) is 48.2 Å². The molecule has 1 fully saturated rings. The Balaban J connectivity index is 1.43. The topological polar surface area (TPSA) is 75.5 Å². The zero-order valence-corrected chi connectivity index (χ0v) is 22.8. The summed E-state index contributed by atoms with van der Waals surface area (Å²) in [6.07, 6.45) is 2.06. The van der Waals surface area contributed by atoms with Crippen LogP contribution in [0.1, 0.15) is 16.7 Å². The van der Waals surface area contributed by atoms with Crippen molar-refractivity contribution in [1.29, 1.82) is 0 Å². The summed E-state index contributed by atoms with van der Waals surface area (Å²) in [6.45, 7) is 1.55. The molecule has 1 aliphatic heterocycles. The van der Waals surface area contributed by atoms with Crippen LogP contribution >= 0.6 is 23.2 Å². The van der Waals surface area contributed by atoms with Crippen LogP contribution in [0.25, 0.3) is 5.69 Å². The average Bonchev–Trinajstić information content (AvgIpc) is 2.91. The van der Waals surface area contributed by atoms with Gasteiger partial charge < -0.3 is 4.90 Å². The molecule has 1 aromatic heterocycles. The van der Waals surface area contributed by atoms with Gasteiger partial charge >= 0.3 is 0 Å². The smallest absolute Gasteiger partial charge is 0.277 e. The number of anilines is 1. The Morgan fingerprint density at radius 2 is 1.50 bits per heavy atom. The molecule has 0 unspecified atom stereocenters. The van der Waals surface area contributed by atoms with Crippen LogP contribution in [0.4, 0.5) is 5.69 Å². The van der Waals surface area contributed by atoms with Crippen molar-refractivity contribution in [1.82, 2.24) is 14.1 Å². The summed E-state index contributed by atoms with van der Waals surface area (Å²) in [4.78, 5) is 15.8. The van der Waals surface area contributed by atoms with E-state index in [-0.39, 0.29) is 11.3 Å². The quantitative estimate of drug-likeness (QED) is 0.320. The van der Waals surface area contributed by atoms with E-state index in [2.05, 4.69) is 5.10 Å². The predicted molar refractivity (Wildman–Crippen MR) is 152 cm³/mol. The highest BCUT2D eigenvalue weighted by molar-refractivity contribution is 7.88. The van der Waals surface area contributed by atoms with Crippen molar-refractivity contribution in [2.24, 2.45) is 0 Å². The van der Waals surface area contributed by atoms with Gasteiger partial charge in [-0.15, -0.1) is 0 Å². The maximum Gasteiger partial charge on any atom is 0.277 e. The van der Waals surface area contributed by atoms with Crippen molar-refractivity contribution < 1.29 is 8.42 Å². The second-order valence-corrected chi connectivity index (χ2v) is 12.0. The van der Waals surface area contributed by atoms with Crippen molar-refractivity contribution in [3.63, 3.8) is 0 Å². The first-order valence-electron chi connectivity index (χ1n) is 12.2. The van der Waals surface area contributed by atoms with Gasteiger partial charge in [-0.1, -0.05) is 71.7 Å². The van der Waals surface area contributed by atoms with Crippen LogP contribution in [0.15, 0.2) is 89.9 Å². The van der Waals surface area contributed by atoms with Crippen molar-refractivity contribution >= 4 is 38.9 Å². The van der Waals surface area contributed by atoms with Gasteiger partial charge in [0.1, 0.15) is 0 Å². The molecule has 1 saturated heterocycles. The summed E-state index contributed by atoms with van der Waals surface area (Å²) in [5.74, 6) is -0.0348. The van der Waals surface area contributed by atoms with Crippen LogP contribution in [0, 0.1) is 0 Å². The highest BCUT2D eigenvalue weighted by atomic mass is 35.5. The normalized spacial score (nSPS) is 14.5. The summed E-state index contributed by atoms with van der Waals surface area (Å²) >= 11 is 12.2. The fourth-order valence-corrected chi connectivity index (χ4v) is 6.43. The van der Waals surface area contributed by atoms with Gasteiger partial charge in [0.25, 0.3) is 5.56 Å². The van der Waals surface area contributed by atoms with Crippen LogP contribution in [-0.2, 0) is 22.2 Å². The summed E-state index contributed by atoms with van der Waals surface area (Å²) in [7, 11) is -3.46. The van der Waals surface area contributed by atoms with E-state index in [9.17, 15) is 13.2 Å². The Hall–Kier alpha value is -3.17. The lowest BCUT2D eigenvalue weighted by Crippen LogP contribution is -2.49. The third kappa shape index (κ3) is 5.94. The molecule has 0 bridgehead atoms. The Morgan fingerprint density at radius 1 is 0.789 bits per heavy atom. The van der Waals surface area contributed by atoms with E-state index in [1.807, 2.05) is 47.4 Å². The molecule has 38 heavy (non-hydrogen) atoms. The summed E-state index contributed by atoms with van der Waals surface area (Å²) in [5, 5.41) is 5.58. The fourth-order valence-electron chi connectivity index (χ4n) is 4.60. The van der Waals surface area contributed by atoms with E-state index in [0.717, 1.165) is 11.1 Å². The van der Waals surface area contributed by atoms with Crippen molar-refractivity contribution in [3.05, 3.63) is 122 Å². The molecule has 0 radical (unpaired) electrons. The van der Waals surface area contributed by atoms with E-state index in [1.54, 1.807) is 42.6 Å². The highest BCUT2D eigenvalue weighted by Gasteiger charge is 2.29. The summed E-state index contributed by atoms with van der Waals surface area (Å²) in [6, 6.07) is 23.5. The molecular weight excluding hydrogens is 543 g/mol. The van der Waals surface area contributed by atoms with Crippen LogP contribution < -0.4 is 10.5 Å². The SMILES string of the molecule is O=c1c(Cc2ccc(Cl)cc2)c(N2CCN(S(=O)(=O)Cc3ccccc3)CC2)cnn1-c1cccc(Cl)c1. The molecule has 0 amide bonds. The lowest BCUT2D eigenvalue weighted by molar-refractivity contribution is 0.384. The number of sulfonamides is 1. The van der Waals surface area contributed by atoms with E-state index < -0.39 is 10.0 Å². The van der Waals surface area contributed by atoms with Gasteiger partial charge in [-0.25, -0.2) is 8.42 Å². The number of hydrogen-bond acceptors (Lipinski definition) is 5. The van der Waals surface area contributed by atoms with Crippen LogP contribution in [0.3, 0.4) is 0 Å². The summed E-state index contributed by atoms with van der Waals surface area (Å²) in [5.41, 5.74) is 3.28. The number of nitrogens with zero attached hydrogens (tertiary/aromatic N) is 4. The molecule has 0 saturated carbocycles. The number of aromatic nitrogens is 2. The van der Waals surface area contributed by atoms with Gasteiger partial charge in [-0.05, 0) is 41.5 Å². The van der Waals surface area contributed by atoms with Crippen LogP contribution in [0.2, 0.25) is 10.0 Å². The highest BCUT2D eigenvalue weighted by Crippen LogP contribution is 2.24. The first-order chi connectivity index (χ1) is 18.3. The standard InChI is InChI=1S/C28H26Cl2N4O3S/c29-23-11-9-21(10-12-23)17-26-27(19-31-34(28(26)35)25-8-4-7-24(30)18-25)32-13-15-33(16-14-32)38(36,37)20-22-5-2-1-3-6-22/h1-12,18-19H,13-17,20H2. The molecule has 4 aromatic rings. The zero-order valence-electron chi connectivity index (χ0n) is 20.5. The van der Waals surface area contributed by atoms with Crippen molar-refractivity contribution in [2.45, 2.75) is 12.2 Å². The number of benzene rings is 3. The minimum atomic E-state index is -3.46. The second-order valence-electron chi connectivity index (χ2n) is 9.14. The van der Waals surface area contributed by atoms with Gasteiger partial charge in [0.2, 0.25) is 10.0 Å². The third-order valence-corrected chi connectivity index (χ3v) is 8.90. The first-order valence-corrected chi connectivity index (χ1v) is 14.5. The van der Waals surface area contributed by atoms with Crippen molar-refractivity contribution in [2.75, 3.05) is 31.1 Å². The average molecular weight is 570 g/mol. The van der Waals surface area contributed by atoms with E-state index in [0.29, 0.717) is 59.6 Å². The van der Waals surface area contributed by atoms with Crippen LogP contribution in [0.5, 0.6) is 0 Å². The molecular formula is C28H26Cl2N4O3S. The van der Waals surface area contributed by atoms with E-state index in [1.165, 1.54) is 8.99 Å². The molecule has 196 valence electrons. The number of piperazine rings is 1. The lowest BCUT2D eigenvalue weighted by atomic mass is 10.0. The lowest BCUT2D eigenvalue weighted by Gasteiger charge is -2.36. The van der Waals surface area contributed by atoms with E-state index in [4.69, 9.17) is 23.2 Å². The Morgan fingerprint density at radius 3 is 2.18 bits per heavy atom. The first kappa shape index (κ1) is 26.4. The molecule has 0 atom stereocenters.